The fraction of sp³-hybridized carbons (Fsp3) is 1.00. The first-order valence-electron chi connectivity index (χ1n) is 3.05. The third kappa shape index (κ3) is 3.14. The number of hydrogen-bond acceptors (Lipinski definition) is 2. The van der Waals surface area contributed by atoms with Gasteiger partial charge in [0.15, 0.2) is 0 Å². The Morgan fingerprint density at radius 1 is 1.56 bits per heavy atom. The van der Waals surface area contributed by atoms with Gasteiger partial charge in [-0.3, -0.25) is 4.67 Å². The summed E-state index contributed by atoms with van der Waals surface area (Å²) in [5.41, 5.74) is -0.615. The summed E-state index contributed by atoms with van der Waals surface area (Å²) in [5.74, 6) is 0. The van der Waals surface area contributed by atoms with Gasteiger partial charge < -0.3 is 5.11 Å². The van der Waals surface area contributed by atoms with E-state index in [1.165, 1.54) is 0 Å². The molecule has 0 amide bonds. The highest BCUT2D eigenvalue weighted by atomic mass is 31.0. The molecule has 0 aliphatic carbocycles. The summed E-state index contributed by atoms with van der Waals surface area (Å²) in [6.07, 6.45) is 0. The molecular formula is C6H16NOP. The Bertz CT molecular complexity index is 87.5. The fourth-order valence-electron chi connectivity index (χ4n) is 0.498. The first-order valence-corrected chi connectivity index (χ1v) is 3.57. The van der Waals surface area contributed by atoms with Crippen LogP contribution in [0.4, 0.5) is 0 Å². The van der Waals surface area contributed by atoms with Crippen molar-refractivity contribution in [2.75, 3.05) is 7.05 Å². The Balaban J connectivity index is 3.88. The van der Waals surface area contributed by atoms with Gasteiger partial charge in [-0.1, -0.05) is 9.39 Å². The molecule has 0 aliphatic rings. The molecule has 3 heteroatoms. The third-order valence-electron chi connectivity index (χ3n) is 1.63. The molecule has 0 heterocycles. The highest BCUT2D eigenvalue weighted by Crippen LogP contribution is 2.15. The molecule has 0 saturated carbocycles. The predicted octanol–water partition coefficient (Wildman–Crippen LogP) is 0.868. The predicted molar refractivity (Wildman–Crippen MR) is 43.2 cm³/mol. The zero-order valence-electron chi connectivity index (χ0n) is 6.55. The molecule has 0 aliphatic heterocycles. The summed E-state index contributed by atoms with van der Waals surface area (Å²) in [7, 11) is 4.46. The summed E-state index contributed by atoms with van der Waals surface area (Å²) in [6, 6.07) is 0.169. The maximum absolute atomic E-state index is 9.40. The van der Waals surface area contributed by atoms with Gasteiger partial charge in [-0.05, 0) is 27.8 Å². The first-order chi connectivity index (χ1) is 3.85. The number of hydrogen-bond donors (Lipinski definition) is 1. The van der Waals surface area contributed by atoms with E-state index < -0.39 is 5.60 Å². The van der Waals surface area contributed by atoms with Crippen LogP contribution >= 0.6 is 9.39 Å². The second-order valence-electron chi connectivity index (χ2n) is 3.00. The van der Waals surface area contributed by atoms with Crippen LogP contribution in [0.3, 0.4) is 0 Å². The lowest BCUT2D eigenvalue weighted by atomic mass is 10.0. The number of likely N-dealkylation sites (N-methyl/N-ethyl adjacent to an activating group) is 1. The standard InChI is InChI=1S/C6H16NOP/c1-5(7(4)9)6(2,3)8/h5,8H,9H2,1-4H3. The van der Waals surface area contributed by atoms with E-state index in [2.05, 4.69) is 9.39 Å². The van der Waals surface area contributed by atoms with E-state index in [9.17, 15) is 5.11 Å². The van der Waals surface area contributed by atoms with Crippen LogP contribution in [-0.2, 0) is 0 Å². The van der Waals surface area contributed by atoms with Crippen LogP contribution in [0.2, 0.25) is 0 Å². The number of rotatable bonds is 2. The Hall–Kier alpha value is 0.350. The average Bonchev–Trinajstić information content (AvgIpc) is 1.62. The minimum absolute atomic E-state index is 0.169. The van der Waals surface area contributed by atoms with Crippen LogP contribution < -0.4 is 0 Å². The second-order valence-corrected chi connectivity index (χ2v) is 3.81. The maximum Gasteiger partial charge on any atom is 0.0746 e. The van der Waals surface area contributed by atoms with E-state index in [0.29, 0.717) is 0 Å². The van der Waals surface area contributed by atoms with Gasteiger partial charge in [0.05, 0.1) is 5.60 Å². The molecule has 2 nitrogen and oxygen atoms in total. The van der Waals surface area contributed by atoms with Crippen molar-refractivity contribution in [3.05, 3.63) is 0 Å². The number of aliphatic hydroxyl groups is 1. The lowest BCUT2D eigenvalue weighted by Crippen LogP contribution is -2.41. The van der Waals surface area contributed by atoms with Gasteiger partial charge in [0.25, 0.3) is 0 Å². The molecule has 0 aromatic rings. The van der Waals surface area contributed by atoms with Gasteiger partial charge >= 0.3 is 0 Å². The Morgan fingerprint density at radius 2 is 1.89 bits per heavy atom. The average molecular weight is 149 g/mol. The van der Waals surface area contributed by atoms with E-state index in [4.69, 9.17) is 0 Å². The van der Waals surface area contributed by atoms with Crippen molar-refractivity contribution in [1.29, 1.82) is 0 Å². The van der Waals surface area contributed by atoms with Gasteiger partial charge in [0, 0.05) is 6.04 Å². The molecule has 0 saturated heterocycles. The van der Waals surface area contributed by atoms with Crippen LogP contribution in [0.1, 0.15) is 20.8 Å². The molecule has 0 aromatic heterocycles. The minimum Gasteiger partial charge on any atom is -0.389 e. The molecular weight excluding hydrogens is 133 g/mol. The quantitative estimate of drug-likeness (QED) is 0.589. The van der Waals surface area contributed by atoms with Crippen molar-refractivity contribution in [3.8, 4) is 0 Å². The highest BCUT2D eigenvalue weighted by Gasteiger charge is 2.23. The molecule has 0 fully saturated rings. The maximum atomic E-state index is 9.40. The van der Waals surface area contributed by atoms with Crippen molar-refractivity contribution in [1.82, 2.24) is 4.67 Å². The Kier molecular flexibility index (Phi) is 3.07. The number of nitrogens with zero attached hydrogens (tertiary/aromatic N) is 1. The molecule has 0 aromatic carbocycles. The van der Waals surface area contributed by atoms with Crippen molar-refractivity contribution in [2.24, 2.45) is 0 Å². The molecule has 0 bridgehead atoms. The van der Waals surface area contributed by atoms with E-state index in [1.807, 2.05) is 18.6 Å². The van der Waals surface area contributed by atoms with Gasteiger partial charge in [-0.2, -0.15) is 0 Å². The highest BCUT2D eigenvalue weighted by molar-refractivity contribution is 7.13. The molecule has 9 heavy (non-hydrogen) atoms. The Morgan fingerprint density at radius 3 is 1.89 bits per heavy atom. The summed E-state index contributed by atoms with van der Waals surface area (Å²) >= 11 is 0. The van der Waals surface area contributed by atoms with Crippen LogP contribution in [0.25, 0.3) is 0 Å². The van der Waals surface area contributed by atoms with Crippen molar-refractivity contribution < 1.29 is 5.11 Å². The van der Waals surface area contributed by atoms with E-state index in [-0.39, 0.29) is 6.04 Å². The summed E-state index contributed by atoms with van der Waals surface area (Å²) < 4.78 is 1.92. The van der Waals surface area contributed by atoms with Crippen LogP contribution in [0.5, 0.6) is 0 Å². The zero-order chi connectivity index (χ0) is 7.65. The SMILES string of the molecule is CC(N(C)P)C(C)(C)O. The van der Waals surface area contributed by atoms with E-state index in [0.717, 1.165) is 0 Å². The van der Waals surface area contributed by atoms with Crippen molar-refractivity contribution in [3.63, 3.8) is 0 Å². The summed E-state index contributed by atoms with van der Waals surface area (Å²) in [6.45, 7) is 5.59. The van der Waals surface area contributed by atoms with Gasteiger partial charge in [-0.15, -0.1) is 0 Å². The van der Waals surface area contributed by atoms with E-state index in [1.54, 1.807) is 13.8 Å². The first kappa shape index (κ1) is 9.35. The summed E-state index contributed by atoms with van der Waals surface area (Å²) in [4.78, 5) is 0. The fourth-order valence-corrected chi connectivity index (χ4v) is 0.863. The van der Waals surface area contributed by atoms with Crippen LogP contribution in [0.15, 0.2) is 0 Å². The molecule has 0 spiro atoms. The lowest BCUT2D eigenvalue weighted by Gasteiger charge is -2.30. The molecule has 56 valence electrons. The van der Waals surface area contributed by atoms with Crippen LogP contribution in [0, 0.1) is 0 Å². The third-order valence-corrected chi connectivity index (χ3v) is 2.08. The van der Waals surface area contributed by atoms with E-state index >= 15 is 0 Å². The molecule has 0 rings (SSSR count). The second kappa shape index (κ2) is 2.96. The zero-order valence-corrected chi connectivity index (χ0v) is 7.70. The normalized spacial score (nSPS) is 16.3. The van der Waals surface area contributed by atoms with Gasteiger partial charge in [0.1, 0.15) is 0 Å². The van der Waals surface area contributed by atoms with Crippen LogP contribution in [-0.4, -0.2) is 28.5 Å². The molecule has 1 N–H and O–H groups in total. The van der Waals surface area contributed by atoms with Gasteiger partial charge in [-0.25, -0.2) is 0 Å². The molecule has 2 atom stereocenters. The topological polar surface area (TPSA) is 23.5 Å². The molecule has 2 unspecified atom stereocenters. The minimum atomic E-state index is -0.615. The summed E-state index contributed by atoms with van der Waals surface area (Å²) in [5, 5.41) is 9.40. The van der Waals surface area contributed by atoms with Crippen molar-refractivity contribution >= 4 is 9.39 Å². The Labute approximate surface area is 59.5 Å². The monoisotopic (exact) mass is 149 g/mol. The largest absolute Gasteiger partial charge is 0.389 e. The smallest absolute Gasteiger partial charge is 0.0746 e. The lowest BCUT2D eigenvalue weighted by molar-refractivity contribution is 0.0250. The van der Waals surface area contributed by atoms with Gasteiger partial charge in [0.2, 0.25) is 0 Å². The van der Waals surface area contributed by atoms with Crippen molar-refractivity contribution in [2.45, 2.75) is 32.4 Å². The molecule has 0 radical (unpaired) electrons.